The number of nitrogens with zero attached hydrogens (tertiary/aromatic N) is 3. The Hall–Kier alpha value is -4.41. The third-order valence-corrected chi connectivity index (χ3v) is 6.82. The van der Waals surface area contributed by atoms with Crippen molar-refractivity contribution in [3.05, 3.63) is 121 Å². The quantitative estimate of drug-likeness (QED) is 0.136. The van der Waals surface area contributed by atoms with Gasteiger partial charge in [-0.05, 0) is 28.5 Å². The van der Waals surface area contributed by atoms with Crippen molar-refractivity contribution in [1.29, 1.82) is 0 Å². The second-order valence-electron chi connectivity index (χ2n) is 10.6. The molecule has 3 aromatic heterocycles. The van der Waals surface area contributed by atoms with E-state index in [-0.39, 0.29) is 26.5 Å². The SMILES string of the molecule is CC(C)(C)c1ccnc(O[n+]2[c-]n(-c3[c-]c(Oc4[c-]cc5c(c4)oc4ccccc45)ccc3)c3ccccc32)c1.[Pt]. The van der Waals surface area contributed by atoms with Crippen LogP contribution in [0.25, 0.3) is 38.7 Å². The summed E-state index contributed by atoms with van der Waals surface area (Å²) in [7, 11) is 0. The van der Waals surface area contributed by atoms with Crippen molar-refractivity contribution in [2.75, 3.05) is 0 Å². The summed E-state index contributed by atoms with van der Waals surface area (Å²) in [6, 6.07) is 35.9. The van der Waals surface area contributed by atoms with E-state index in [0.29, 0.717) is 17.4 Å². The number of hydrogen-bond donors (Lipinski definition) is 0. The normalized spacial score (nSPS) is 11.6. The van der Waals surface area contributed by atoms with Gasteiger partial charge < -0.3 is 13.7 Å². The standard InChI is InChI=1S/C34H25N3O3.Pt/c1-34(2,3)23-17-18-35-33(19-23)40-37-22-36(29-12-5-6-13-30(29)37)24-9-8-10-25(20-24)38-26-15-16-28-27-11-4-7-14-31(27)39-32(28)21-26;/h4-14,16-19,21H,1-3H3;/q-2;. The van der Waals surface area contributed by atoms with E-state index in [2.05, 4.69) is 44.2 Å². The van der Waals surface area contributed by atoms with Gasteiger partial charge in [0.05, 0.1) is 5.52 Å². The summed E-state index contributed by atoms with van der Waals surface area (Å²) in [5.74, 6) is 1.58. The van der Waals surface area contributed by atoms with E-state index in [1.165, 1.54) is 0 Å². The van der Waals surface area contributed by atoms with Crippen LogP contribution in [0.2, 0.25) is 0 Å². The van der Waals surface area contributed by atoms with Crippen LogP contribution in [0.1, 0.15) is 26.3 Å². The Kier molecular flexibility index (Phi) is 6.88. The molecule has 7 aromatic rings. The molecule has 0 unspecified atom stereocenters. The Labute approximate surface area is 252 Å². The number of para-hydroxylation sites is 3. The van der Waals surface area contributed by atoms with Crippen molar-refractivity contribution in [2.24, 2.45) is 0 Å². The van der Waals surface area contributed by atoms with E-state index < -0.39 is 0 Å². The molecule has 0 atom stereocenters. The Balaban J connectivity index is 0.00000302. The first kappa shape index (κ1) is 26.8. The van der Waals surface area contributed by atoms with Crippen molar-refractivity contribution in [1.82, 2.24) is 9.55 Å². The summed E-state index contributed by atoms with van der Waals surface area (Å²) >= 11 is 0. The fraction of sp³-hybridized carbons (Fsp3) is 0.118. The molecule has 206 valence electrons. The van der Waals surface area contributed by atoms with E-state index >= 15 is 0 Å². The minimum Gasteiger partial charge on any atom is -0.510 e. The number of furan rings is 1. The molecule has 0 aliphatic rings. The first-order valence-electron chi connectivity index (χ1n) is 13.1. The van der Waals surface area contributed by atoms with Gasteiger partial charge in [-0.2, -0.15) is 18.2 Å². The van der Waals surface area contributed by atoms with Crippen LogP contribution in [-0.4, -0.2) is 9.55 Å². The maximum atomic E-state index is 6.19. The predicted octanol–water partition coefficient (Wildman–Crippen LogP) is 7.54. The Morgan fingerprint density at radius 3 is 2.56 bits per heavy atom. The first-order valence-corrected chi connectivity index (χ1v) is 13.1. The second kappa shape index (κ2) is 10.5. The minimum absolute atomic E-state index is 0. The topological polar surface area (TPSA) is 53.3 Å². The van der Waals surface area contributed by atoms with Crippen LogP contribution in [0, 0.1) is 18.5 Å². The average molecular weight is 719 g/mol. The van der Waals surface area contributed by atoms with Crippen LogP contribution in [0.3, 0.4) is 0 Å². The molecule has 7 heteroatoms. The van der Waals surface area contributed by atoms with Crippen LogP contribution < -0.4 is 14.3 Å². The average Bonchev–Trinajstić information content (AvgIpc) is 3.51. The van der Waals surface area contributed by atoms with Gasteiger partial charge >= 0.3 is 0 Å². The van der Waals surface area contributed by atoms with Crippen molar-refractivity contribution < 1.29 is 39.8 Å². The molecule has 0 aliphatic carbocycles. The van der Waals surface area contributed by atoms with Gasteiger partial charge in [-0.25, -0.2) is 4.98 Å². The van der Waals surface area contributed by atoms with Crippen molar-refractivity contribution in [2.45, 2.75) is 26.2 Å². The molecule has 3 heterocycles. The molecule has 6 nitrogen and oxygen atoms in total. The molecule has 0 fully saturated rings. The summed E-state index contributed by atoms with van der Waals surface area (Å²) in [6.45, 7) is 6.48. The fourth-order valence-electron chi connectivity index (χ4n) is 4.74. The number of pyridine rings is 1. The van der Waals surface area contributed by atoms with Gasteiger partial charge in [0.2, 0.25) is 0 Å². The molecule has 4 aromatic carbocycles. The molecule has 0 bridgehead atoms. The van der Waals surface area contributed by atoms with Gasteiger partial charge in [0.1, 0.15) is 11.1 Å². The minimum atomic E-state index is -0.0226. The Bertz CT molecular complexity index is 2020. The monoisotopic (exact) mass is 718 g/mol. The van der Waals surface area contributed by atoms with Crippen molar-refractivity contribution in [3.8, 4) is 23.1 Å². The zero-order valence-electron chi connectivity index (χ0n) is 22.6. The largest absolute Gasteiger partial charge is 0.510 e. The number of ether oxygens (including phenoxy) is 1. The second-order valence-corrected chi connectivity index (χ2v) is 10.6. The molecule has 0 N–H and O–H groups in total. The van der Waals surface area contributed by atoms with Crippen LogP contribution in [0.4, 0.5) is 0 Å². The Morgan fingerprint density at radius 2 is 1.68 bits per heavy atom. The molecule has 41 heavy (non-hydrogen) atoms. The maximum Gasteiger partial charge on any atom is 0.285 e. The van der Waals surface area contributed by atoms with Gasteiger partial charge in [0.15, 0.2) is 0 Å². The molecule has 7 rings (SSSR count). The van der Waals surface area contributed by atoms with Crippen molar-refractivity contribution >= 4 is 33.0 Å². The molecule has 0 aliphatic heterocycles. The molecule has 0 radical (unpaired) electrons. The molecular formula is C34H25N3O3Pt-2. The van der Waals surface area contributed by atoms with Gasteiger partial charge in [-0.1, -0.05) is 80.4 Å². The van der Waals surface area contributed by atoms with Crippen LogP contribution in [0.15, 0.2) is 102 Å². The summed E-state index contributed by atoms with van der Waals surface area (Å²) in [5.41, 5.74) is 5.19. The summed E-state index contributed by atoms with van der Waals surface area (Å²) in [5, 5.41) is 2.06. The van der Waals surface area contributed by atoms with Gasteiger partial charge in [-0.3, -0.25) is 4.84 Å². The fourth-order valence-corrected chi connectivity index (χ4v) is 4.74. The predicted molar refractivity (Wildman–Crippen MR) is 153 cm³/mol. The molecular weight excluding hydrogens is 693 g/mol. The molecule has 0 saturated heterocycles. The van der Waals surface area contributed by atoms with E-state index in [4.69, 9.17) is 14.0 Å². The third-order valence-electron chi connectivity index (χ3n) is 6.82. The first-order chi connectivity index (χ1) is 19.4. The summed E-state index contributed by atoms with van der Waals surface area (Å²) < 4.78 is 15.7. The van der Waals surface area contributed by atoms with Crippen LogP contribution in [-0.2, 0) is 26.5 Å². The molecule has 0 amide bonds. The number of rotatable bonds is 5. The van der Waals surface area contributed by atoms with E-state index in [1.54, 1.807) is 10.9 Å². The van der Waals surface area contributed by atoms with E-state index in [1.807, 2.05) is 95.6 Å². The zero-order chi connectivity index (χ0) is 27.3. The van der Waals surface area contributed by atoms with E-state index in [9.17, 15) is 0 Å². The van der Waals surface area contributed by atoms with Crippen LogP contribution >= 0.6 is 0 Å². The number of benzene rings is 4. The zero-order valence-corrected chi connectivity index (χ0v) is 24.9. The number of fused-ring (bicyclic) bond motifs is 4. The molecule has 0 saturated carbocycles. The van der Waals surface area contributed by atoms with Crippen LogP contribution in [0.5, 0.6) is 17.4 Å². The van der Waals surface area contributed by atoms with Gasteiger partial charge in [0.25, 0.3) is 12.2 Å². The smallest absolute Gasteiger partial charge is 0.285 e. The Morgan fingerprint density at radius 1 is 0.854 bits per heavy atom. The third kappa shape index (κ3) is 5.12. The number of aromatic nitrogens is 3. The van der Waals surface area contributed by atoms with Gasteiger partial charge in [0, 0.05) is 50.4 Å². The van der Waals surface area contributed by atoms with E-state index in [0.717, 1.165) is 44.2 Å². The summed E-state index contributed by atoms with van der Waals surface area (Å²) in [4.78, 5) is 10.6. The molecule has 0 spiro atoms. The van der Waals surface area contributed by atoms with Crippen molar-refractivity contribution in [3.63, 3.8) is 0 Å². The summed E-state index contributed by atoms with van der Waals surface area (Å²) in [6.07, 6.45) is 5.07. The van der Waals surface area contributed by atoms with Gasteiger partial charge in [-0.15, -0.1) is 22.9 Å². The maximum absolute atomic E-state index is 6.19. The number of hydrogen-bond acceptors (Lipinski definition) is 4. The number of imidazole rings is 1.